The lowest BCUT2D eigenvalue weighted by molar-refractivity contribution is 0.0913. The van der Waals surface area contributed by atoms with Crippen LogP contribution >= 0.6 is 0 Å². The number of nitrogens with one attached hydrogen (secondary N) is 1. The first-order valence-electron chi connectivity index (χ1n) is 13.9. The van der Waals surface area contributed by atoms with E-state index in [1.807, 2.05) is 18.2 Å². The minimum atomic E-state index is -3.76. The Morgan fingerprint density at radius 2 is 1.16 bits per heavy atom. The van der Waals surface area contributed by atoms with E-state index in [1.165, 1.54) is 12.2 Å². The predicted octanol–water partition coefficient (Wildman–Crippen LogP) is 5.10. The number of carbonyl (C=O) groups is 1. The lowest BCUT2D eigenvalue weighted by Crippen LogP contribution is -2.34. The maximum absolute atomic E-state index is 13.1. The van der Waals surface area contributed by atoms with Crippen LogP contribution in [0.15, 0.2) is 89.7 Å². The van der Waals surface area contributed by atoms with E-state index in [0.717, 1.165) is 10.8 Å². The van der Waals surface area contributed by atoms with Crippen molar-refractivity contribution in [1.82, 2.24) is 4.90 Å². The summed E-state index contributed by atoms with van der Waals surface area (Å²) in [6, 6.07) is 22.4. The lowest BCUT2D eigenvalue weighted by atomic mass is 10.2. The smallest absolute Gasteiger partial charge is 0.322 e. The molecule has 0 bridgehead atoms. The molecule has 2 amide bonds. The molecule has 0 aliphatic carbocycles. The Morgan fingerprint density at radius 3 is 1.57 bits per heavy atom. The monoisotopic (exact) mass is 642 g/mol. The molecule has 44 heavy (non-hydrogen) atoms. The van der Waals surface area contributed by atoms with E-state index in [4.69, 9.17) is 17.8 Å². The second kappa shape index (κ2) is 15.0. The molecule has 0 radical (unpaired) electrons. The molecule has 0 unspecified atom stereocenters. The molecular formula is C31H34N2O9S2. The van der Waals surface area contributed by atoms with Crippen molar-refractivity contribution in [1.29, 1.82) is 0 Å². The fraction of sp³-hybridized carbons (Fsp3) is 0.258. The number of para-hydroxylation sites is 1. The number of hydrogen-bond donors (Lipinski definition) is 1. The van der Waals surface area contributed by atoms with Gasteiger partial charge in [-0.1, -0.05) is 42.5 Å². The highest BCUT2D eigenvalue weighted by Crippen LogP contribution is 2.25. The average Bonchev–Trinajstić information content (AvgIpc) is 3.39. The van der Waals surface area contributed by atoms with Crippen molar-refractivity contribution in [2.24, 2.45) is 0 Å². The molecule has 1 N–H and O–H groups in total. The van der Waals surface area contributed by atoms with E-state index in [9.17, 15) is 21.6 Å². The fourth-order valence-electron chi connectivity index (χ4n) is 4.26. The maximum Gasteiger partial charge on any atom is 0.322 e. The number of anilines is 1. The number of amides is 2. The third-order valence-electron chi connectivity index (χ3n) is 6.28. The minimum Gasteiger partial charge on any atom is -0.485 e. The van der Waals surface area contributed by atoms with E-state index in [0.29, 0.717) is 28.3 Å². The SMILES string of the molecule is CCOS(=O)(=O)/C=C/c1ccc(O[C@@H]2CN(C(=O)Nc3ccccc3)C[C@H]2Oc2ccc(/C=C/S(=O)(=O)OCC)cc2)cc1. The van der Waals surface area contributed by atoms with E-state index in [1.54, 1.807) is 79.4 Å². The Hall–Kier alpha value is -4.17. The van der Waals surface area contributed by atoms with Crippen LogP contribution in [0, 0.1) is 0 Å². The van der Waals surface area contributed by atoms with Crippen molar-refractivity contribution in [2.75, 3.05) is 31.6 Å². The summed E-state index contributed by atoms with van der Waals surface area (Å²) in [5.41, 5.74) is 1.92. The number of carbonyl (C=O) groups excluding carboxylic acids is 1. The van der Waals surface area contributed by atoms with Crippen molar-refractivity contribution in [3.05, 3.63) is 101 Å². The van der Waals surface area contributed by atoms with E-state index in [-0.39, 0.29) is 32.3 Å². The van der Waals surface area contributed by atoms with Crippen molar-refractivity contribution in [3.63, 3.8) is 0 Å². The molecule has 1 fully saturated rings. The standard InChI is InChI=1S/C31H34N2O9S2/c1-3-39-43(35,36)20-18-24-10-14-27(15-11-24)41-29-22-33(31(34)32-26-8-6-5-7-9-26)23-30(29)42-28-16-12-25(13-17-28)19-21-44(37,38)40-4-2/h5-21,29-30H,3-4,22-23H2,1-2H3,(H,32,34)/b20-18+,21-19+/t29-,30-/m1/s1. The van der Waals surface area contributed by atoms with Gasteiger partial charge in [-0.2, -0.15) is 16.8 Å². The number of ether oxygens (including phenoxy) is 2. The van der Waals surface area contributed by atoms with Gasteiger partial charge in [-0.05, 0) is 73.5 Å². The van der Waals surface area contributed by atoms with Crippen LogP contribution in [0.3, 0.4) is 0 Å². The van der Waals surface area contributed by atoms with Crippen molar-refractivity contribution in [2.45, 2.75) is 26.1 Å². The zero-order valence-electron chi connectivity index (χ0n) is 24.2. The van der Waals surface area contributed by atoms with Gasteiger partial charge < -0.3 is 19.7 Å². The summed E-state index contributed by atoms with van der Waals surface area (Å²) in [6.45, 7) is 3.77. The zero-order valence-corrected chi connectivity index (χ0v) is 25.9. The largest absolute Gasteiger partial charge is 0.485 e. The first-order chi connectivity index (χ1) is 21.1. The molecule has 1 aliphatic heterocycles. The molecule has 0 spiro atoms. The Bertz CT molecular complexity index is 1560. The van der Waals surface area contributed by atoms with E-state index >= 15 is 0 Å². The summed E-state index contributed by atoms with van der Waals surface area (Å²) in [5, 5.41) is 4.87. The van der Waals surface area contributed by atoms with Gasteiger partial charge in [-0.15, -0.1) is 0 Å². The number of urea groups is 1. The Labute approximate surface area is 257 Å². The topological polar surface area (TPSA) is 138 Å². The van der Waals surface area contributed by atoms with Crippen LogP contribution in [0.5, 0.6) is 11.5 Å². The van der Waals surface area contributed by atoms with Crippen molar-refractivity contribution < 1.29 is 39.5 Å². The Morgan fingerprint density at radius 1 is 0.727 bits per heavy atom. The highest BCUT2D eigenvalue weighted by molar-refractivity contribution is 7.90. The van der Waals surface area contributed by atoms with Gasteiger partial charge in [0.15, 0.2) is 12.2 Å². The van der Waals surface area contributed by atoms with Crippen LogP contribution < -0.4 is 14.8 Å². The molecule has 3 aromatic rings. The molecule has 3 aromatic carbocycles. The lowest BCUT2D eigenvalue weighted by Gasteiger charge is -2.21. The molecule has 4 rings (SSSR count). The van der Waals surface area contributed by atoms with Crippen LogP contribution in [0.4, 0.5) is 10.5 Å². The van der Waals surface area contributed by atoms with Crippen LogP contribution in [-0.2, 0) is 28.6 Å². The van der Waals surface area contributed by atoms with E-state index in [2.05, 4.69) is 5.32 Å². The number of benzene rings is 3. The van der Waals surface area contributed by atoms with Crippen molar-refractivity contribution >= 4 is 44.1 Å². The summed E-state index contributed by atoms with van der Waals surface area (Å²) in [5.74, 6) is 1.02. The Balaban J connectivity index is 1.47. The summed E-state index contributed by atoms with van der Waals surface area (Å²) in [4.78, 5) is 14.7. The summed E-state index contributed by atoms with van der Waals surface area (Å²) < 4.78 is 69.1. The first-order valence-corrected chi connectivity index (χ1v) is 16.8. The molecule has 0 saturated carbocycles. The number of nitrogens with zero attached hydrogens (tertiary/aromatic N) is 1. The molecule has 1 aliphatic rings. The normalized spacial score (nSPS) is 17.3. The molecule has 11 nitrogen and oxygen atoms in total. The summed E-state index contributed by atoms with van der Waals surface area (Å²) >= 11 is 0. The van der Waals surface area contributed by atoms with Crippen molar-refractivity contribution in [3.8, 4) is 11.5 Å². The molecule has 1 heterocycles. The summed E-state index contributed by atoms with van der Waals surface area (Å²) in [7, 11) is -7.51. The van der Waals surface area contributed by atoms with Gasteiger partial charge in [-0.25, -0.2) is 4.79 Å². The van der Waals surface area contributed by atoms with Crippen LogP contribution in [0.2, 0.25) is 0 Å². The van der Waals surface area contributed by atoms with Gasteiger partial charge in [0, 0.05) is 5.69 Å². The third kappa shape index (κ3) is 9.95. The maximum atomic E-state index is 13.1. The number of hydrogen-bond acceptors (Lipinski definition) is 9. The Kier molecular flexibility index (Phi) is 11.2. The molecule has 13 heteroatoms. The quantitative estimate of drug-likeness (QED) is 0.252. The summed E-state index contributed by atoms with van der Waals surface area (Å²) in [6.07, 6.45) is 1.79. The van der Waals surface area contributed by atoms with Gasteiger partial charge in [0.25, 0.3) is 20.2 Å². The molecule has 234 valence electrons. The zero-order chi connectivity index (χ0) is 31.6. The predicted molar refractivity (Wildman–Crippen MR) is 168 cm³/mol. The van der Waals surface area contributed by atoms with Crippen LogP contribution in [0.1, 0.15) is 25.0 Å². The number of rotatable bonds is 13. The van der Waals surface area contributed by atoms with Crippen LogP contribution in [-0.4, -0.2) is 66.3 Å². The minimum absolute atomic E-state index is 0.0461. The van der Waals surface area contributed by atoms with Gasteiger partial charge in [0.1, 0.15) is 11.5 Å². The fourth-order valence-corrected chi connectivity index (χ4v) is 5.72. The first kappa shape index (κ1) is 32.7. The van der Waals surface area contributed by atoms with Crippen LogP contribution in [0.25, 0.3) is 12.2 Å². The van der Waals surface area contributed by atoms with Gasteiger partial charge >= 0.3 is 6.03 Å². The highest BCUT2D eigenvalue weighted by atomic mass is 32.2. The average molecular weight is 643 g/mol. The second-order valence-corrected chi connectivity index (χ2v) is 12.5. The van der Waals surface area contributed by atoms with Gasteiger partial charge in [-0.3, -0.25) is 8.37 Å². The molecule has 1 saturated heterocycles. The second-order valence-electron chi connectivity index (χ2n) is 9.56. The molecule has 0 aromatic heterocycles. The molecular weight excluding hydrogens is 608 g/mol. The third-order valence-corrected chi connectivity index (χ3v) is 8.35. The van der Waals surface area contributed by atoms with Gasteiger partial charge in [0.05, 0.1) is 37.1 Å². The number of likely N-dealkylation sites (tertiary alicyclic amines) is 1. The highest BCUT2D eigenvalue weighted by Gasteiger charge is 2.39. The molecule has 2 atom stereocenters. The van der Waals surface area contributed by atoms with Gasteiger partial charge in [0.2, 0.25) is 0 Å². The van der Waals surface area contributed by atoms with E-state index < -0.39 is 32.4 Å².